The predicted molar refractivity (Wildman–Crippen MR) is 113 cm³/mol. The predicted octanol–water partition coefficient (Wildman–Crippen LogP) is 4.64. The number of fused-ring (bicyclic) bond motifs is 3. The second kappa shape index (κ2) is 9.33. The molecular formula is C23H28ClFN2O2. The van der Waals surface area contributed by atoms with Gasteiger partial charge >= 0.3 is 0 Å². The molecule has 0 saturated carbocycles. The highest BCUT2D eigenvalue weighted by atomic mass is 35.5. The Kier molecular flexibility index (Phi) is 6.58. The molecule has 0 amide bonds. The van der Waals surface area contributed by atoms with Gasteiger partial charge in [0.25, 0.3) is 0 Å². The molecule has 3 saturated heterocycles. The lowest BCUT2D eigenvalue weighted by Gasteiger charge is -2.45. The van der Waals surface area contributed by atoms with Gasteiger partial charge in [-0.15, -0.1) is 0 Å². The Morgan fingerprint density at radius 2 is 1.97 bits per heavy atom. The van der Waals surface area contributed by atoms with E-state index >= 15 is 0 Å². The highest BCUT2D eigenvalue weighted by Gasteiger charge is 2.33. The van der Waals surface area contributed by atoms with Crippen LogP contribution < -0.4 is 14.8 Å². The molecule has 5 rings (SSSR count). The van der Waals surface area contributed by atoms with Crippen LogP contribution in [-0.4, -0.2) is 37.2 Å². The van der Waals surface area contributed by atoms with Crippen molar-refractivity contribution in [3.05, 3.63) is 58.4 Å². The zero-order chi connectivity index (χ0) is 20.2. The fourth-order valence-corrected chi connectivity index (χ4v) is 4.62. The second-order valence-electron chi connectivity index (χ2n) is 7.84. The third-order valence-electron chi connectivity index (χ3n) is 5.92. The van der Waals surface area contributed by atoms with Crippen LogP contribution in [0.15, 0.2) is 36.4 Å². The van der Waals surface area contributed by atoms with Crippen molar-refractivity contribution in [2.45, 2.75) is 39.0 Å². The zero-order valence-corrected chi connectivity index (χ0v) is 17.6. The summed E-state index contributed by atoms with van der Waals surface area (Å²) in [5.41, 5.74) is 1.55. The first-order valence-corrected chi connectivity index (χ1v) is 10.8. The molecule has 1 N–H and O–H groups in total. The minimum absolute atomic E-state index is 0.101. The van der Waals surface area contributed by atoms with Crippen LogP contribution in [-0.2, 0) is 13.2 Å². The number of piperidine rings is 3. The number of hydrogen-bond donors (Lipinski definition) is 1. The fraction of sp³-hybridized carbons (Fsp3) is 0.478. The van der Waals surface area contributed by atoms with Crippen LogP contribution in [0.1, 0.15) is 30.9 Å². The van der Waals surface area contributed by atoms with Gasteiger partial charge in [-0.3, -0.25) is 0 Å². The number of ether oxygens (including phenoxy) is 2. The van der Waals surface area contributed by atoms with Gasteiger partial charge in [0.1, 0.15) is 12.4 Å². The van der Waals surface area contributed by atoms with Crippen molar-refractivity contribution in [2.75, 3.05) is 26.2 Å². The summed E-state index contributed by atoms with van der Waals surface area (Å²) >= 11 is 6.53. The molecule has 3 aliphatic heterocycles. The summed E-state index contributed by atoms with van der Waals surface area (Å²) in [4.78, 5) is 2.54. The van der Waals surface area contributed by atoms with E-state index < -0.39 is 0 Å². The lowest BCUT2D eigenvalue weighted by molar-refractivity contribution is 0.0720. The van der Waals surface area contributed by atoms with Crippen molar-refractivity contribution in [1.29, 1.82) is 0 Å². The molecule has 29 heavy (non-hydrogen) atoms. The van der Waals surface area contributed by atoms with E-state index in [0.717, 1.165) is 24.6 Å². The van der Waals surface area contributed by atoms with Crippen molar-refractivity contribution in [1.82, 2.24) is 10.2 Å². The van der Waals surface area contributed by atoms with Gasteiger partial charge in [-0.05, 0) is 62.5 Å². The monoisotopic (exact) mass is 418 g/mol. The SMILES string of the molecule is CCOc1cc(CNC2CN3CCC2CC3)cc(Cl)c1OCc1ccccc1F. The summed E-state index contributed by atoms with van der Waals surface area (Å²) in [6, 6.07) is 11.0. The van der Waals surface area contributed by atoms with E-state index in [9.17, 15) is 4.39 Å². The van der Waals surface area contributed by atoms with Crippen LogP contribution in [0.3, 0.4) is 0 Å². The topological polar surface area (TPSA) is 33.7 Å². The summed E-state index contributed by atoms with van der Waals surface area (Å²) in [5, 5.41) is 4.19. The van der Waals surface area contributed by atoms with E-state index in [4.69, 9.17) is 21.1 Å². The van der Waals surface area contributed by atoms with Gasteiger partial charge in [0.05, 0.1) is 11.6 Å². The third kappa shape index (κ3) is 4.85. The Balaban J connectivity index is 1.45. The summed E-state index contributed by atoms with van der Waals surface area (Å²) in [5.74, 6) is 1.54. The molecule has 156 valence electrons. The molecule has 0 spiro atoms. The fourth-order valence-electron chi connectivity index (χ4n) is 4.34. The van der Waals surface area contributed by atoms with E-state index in [-0.39, 0.29) is 12.4 Å². The molecule has 2 bridgehead atoms. The summed E-state index contributed by atoms with van der Waals surface area (Å²) in [6.07, 6.45) is 2.57. The van der Waals surface area contributed by atoms with Crippen LogP contribution >= 0.6 is 11.6 Å². The largest absolute Gasteiger partial charge is 0.490 e. The Bertz CT molecular complexity index is 840. The van der Waals surface area contributed by atoms with E-state index in [0.29, 0.717) is 34.7 Å². The van der Waals surface area contributed by atoms with Gasteiger partial charge in [0, 0.05) is 24.7 Å². The number of benzene rings is 2. The average Bonchev–Trinajstić information content (AvgIpc) is 2.74. The smallest absolute Gasteiger partial charge is 0.180 e. The zero-order valence-electron chi connectivity index (χ0n) is 16.8. The average molecular weight is 419 g/mol. The van der Waals surface area contributed by atoms with E-state index in [2.05, 4.69) is 10.2 Å². The first kappa shape index (κ1) is 20.5. The number of hydrogen-bond acceptors (Lipinski definition) is 4. The van der Waals surface area contributed by atoms with Crippen molar-refractivity contribution in [3.63, 3.8) is 0 Å². The normalized spacial score (nSPS) is 23.2. The second-order valence-corrected chi connectivity index (χ2v) is 8.25. The third-order valence-corrected chi connectivity index (χ3v) is 6.20. The van der Waals surface area contributed by atoms with Crippen LogP contribution in [0.4, 0.5) is 4.39 Å². The molecule has 6 heteroatoms. The molecule has 4 nitrogen and oxygen atoms in total. The first-order chi connectivity index (χ1) is 14.1. The highest BCUT2D eigenvalue weighted by Crippen LogP contribution is 2.37. The molecule has 0 aliphatic carbocycles. The van der Waals surface area contributed by atoms with Crippen LogP contribution in [0, 0.1) is 11.7 Å². The lowest BCUT2D eigenvalue weighted by Crippen LogP contribution is -2.55. The van der Waals surface area contributed by atoms with Gasteiger partial charge in [-0.1, -0.05) is 29.8 Å². The highest BCUT2D eigenvalue weighted by molar-refractivity contribution is 6.32. The molecule has 3 heterocycles. The van der Waals surface area contributed by atoms with Gasteiger partial charge in [0.15, 0.2) is 11.5 Å². The van der Waals surface area contributed by atoms with Gasteiger partial charge in [0.2, 0.25) is 0 Å². The molecular weight excluding hydrogens is 391 g/mol. The molecule has 0 radical (unpaired) electrons. The van der Waals surface area contributed by atoms with Crippen LogP contribution in [0.5, 0.6) is 11.5 Å². The standard InChI is InChI=1S/C23H28ClFN2O2/c1-2-28-22-12-16(13-26-21-14-27-9-7-17(21)8-10-27)11-19(24)23(22)29-15-18-5-3-4-6-20(18)25/h3-6,11-12,17,21,26H,2,7-10,13-15H2,1H3. The maximum absolute atomic E-state index is 13.9. The quantitative estimate of drug-likeness (QED) is 0.677. The minimum Gasteiger partial charge on any atom is -0.490 e. The minimum atomic E-state index is -0.292. The van der Waals surface area contributed by atoms with E-state index in [1.54, 1.807) is 18.2 Å². The Labute approximate surface area is 176 Å². The van der Waals surface area contributed by atoms with Crippen molar-refractivity contribution in [3.8, 4) is 11.5 Å². The number of nitrogens with zero attached hydrogens (tertiary/aromatic N) is 1. The van der Waals surface area contributed by atoms with E-state index in [1.807, 2.05) is 19.1 Å². The maximum Gasteiger partial charge on any atom is 0.180 e. The van der Waals surface area contributed by atoms with Gasteiger partial charge in [-0.2, -0.15) is 0 Å². The molecule has 2 aromatic carbocycles. The summed E-state index contributed by atoms with van der Waals surface area (Å²) in [6.45, 7) is 6.86. The molecule has 2 aromatic rings. The number of halogens is 2. The van der Waals surface area contributed by atoms with Crippen molar-refractivity contribution in [2.24, 2.45) is 5.92 Å². The lowest BCUT2D eigenvalue weighted by atomic mass is 9.84. The molecule has 1 unspecified atom stereocenters. The molecule has 3 aliphatic rings. The van der Waals surface area contributed by atoms with Crippen molar-refractivity contribution < 1.29 is 13.9 Å². The van der Waals surface area contributed by atoms with Gasteiger partial charge < -0.3 is 19.7 Å². The Hall–Kier alpha value is -1.82. The summed E-state index contributed by atoms with van der Waals surface area (Å²) in [7, 11) is 0. The summed E-state index contributed by atoms with van der Waals surface area (Å²) < 4.78 is 25.5. The number of rotatable bonds is 8. The van der Waals surface area contributed by atoms with Crippen LogP contribution in [0.25, 0.3) is 0 Å². The van der Waals surface area contributed by atoms with Gasteiger partial charge in [-0.25, -0.2) is 4.39 Å². The van der Waals surface area contributed by atoms with Crippen molar-refractivity contribution >= 4 is 11.6 Å². The Morgan fingerprint density at radius 1 is 1.17 bits per heavy atom. The van der Waals surface area contributed by atoms with Crippen LogP contribution in [0.2, 0.25) is 5.02 Å². The molecule has 3 fully saturated rings. The number of nitrogens with one attached hydrogen (secondary N) is 1. The Morgan fingerprint density at radius 3 is 2.66 bits per heavy atom. The first-order valence-electron chi connectivity index (χ1n) is 10.4. The molecule has 1 atom stereocenters. The molecule has 0 aromatic heterocycles. The van der Waals surface area contributed by atoms with E-state index in [1.165, 1.54) is 32.0 Å². The maximum atomic E-state index is 13.9.